The van der Waals surface area contributed by atoms with Crippen LogP contribution >= 0.6 is 0 Å². The standard InChI is InChI=1S/C34H32N4O4/c1-33(2)41-30-22(18-27(31(30)42-33)38-21-36-29-26(38)19-28(35)37-32(29)39)20-40-34(23-12-6-3-7-13-23,24-14-8-4-9-15-24)25-16-10-5-11-17-25/h3-19,21,27,30-31H,20H2,1-2H3,(H3,35,37,39)/t27-,30+,31?/m1/s1. The molecular formula is C34H32N4O4. The molecule has 1 fully saturated rings. The molecule has 1 aliphatic heterocycles. The first-order chi connectivity index (χ1) is 20.4. The van der Waals surface area contributed by atoms with Crippen molar-refractivity contribution in [3.8, 4) is 0 Å². The average Bonchev–Trinajstić information content (AvgIpc) is 3.66. The predicted molar refractivity (Wildman–Crippen MR) is 161 cm³/mol. The molecule has 212 valence electrons. The number of H-pyrrole nitrogens is 1. The molecule has 3 atom stereocenters. The Kier molecular flexibility index (Phi) is 6.35. The third kappa shape index (κ3) is 4.36. The highest BCUT2D eigenvalue weighted by Gasteiger charge is 2.51. The Labute approximate surface area is 243 Å². The van der Waals surface area contributed by atoms with Gasteiger partial charge in [0.25, 0.3) is 5.56 Å². The largest absolute Gasteiger partial charge is 0.385 e. The highest BCUT2D eigenvalue weighted by atomic mass is 16.8. The minimum atomic E-state index is -0.878. The number of nitrogen functional groups attached to an aromatic ring is 1. The molecule has 3 N–H and O–H groups in total. The van der Waals surface area contributed by atoms with E-state index >= 15 is 0 Å². The zero-order valence-corrected chi connectivity index (χ0v) is 23.4. The Hall–Kier alpha value is -4.50. The highest BCUT2D eigenvalue weighted by Crippen LogP contribution is 2.46. The summed E-state index contributed by atoms with van der Waals surface area (Å²) in [6.45, 7) is 4.11. The van der Waals surface area contributed by atoms with Gasteiger partial charge >= 0.3 is 0 Å². The summed E-state index contributed by atoms with van der Waals surface area (Å²) in [7, 11) is 0. The van der Waals surface area contributed by atoms with E-state index in [1.165, 1.54) is 0 Å². The van der Waals surface area contributed by atoms with Crippen LogP contribution in [0.1, 0.15) is 36.6 Å². The third-order valence-corrected chi connectivity index (χ3v) is 8.13. The Morgan fingerprint density at radius 3 is 2.07 bits per heavy atom. The Bertz CT molecular complexity index is 1720. The number of imidazole rings is 1. The maximum absolute atomic E-state index is 12.5. The van der Waals surface area contributed by atoms with Crippen molar-refractivity contribution in [3.05, 3.63) is 142 Å². The fourth-order valence-corrected chi connectivity index (χ4v) is 6.36. The first-order valence-corrected chi connectivity index (χ1v) is 14.1. The van der Waals surface area contributed by atoms with Crippen molar-refractivity contribution in [1.29, 1.82) is 0 Å². The smallest absolute Gasteiger partial charge is 0.277 e. The molecule has 1 saturated heterocycles. The topological polar surface area (TPSA) is 104 Å². The van der Waals surface area contributed by atoms with Crippen LogP contribution in [-0.4, -0.2) is 39.1 Å². The molecule has 8 nitrogen and oxygen atoms in total. The van der Waals surface area contributed by atoms with Crippen molar-refractivity contribution in [2.75, 3.05) is 12.3 Å². The van der Waals surface area contributed by atoms with Gasteiger partial charge in [-0.1, -0.05) is 97.1 Å². The van der Waals surface area contributed by atoms with E-state index in [9.17, 15) is 4.79 Å². The number of rotatable bonds is 7. The first kappa shape index (κ1) is 26.4. The molecule has 1 aliphatic carbocycles. The molecule has 0 bridgehead atoms. The lowest BCUT2D eigenvalue weighted by Crippen LogP contribution is -2.35. The van der Waals surface area contributed by atoms with Crippen LogP contribution in [-0.2, 0) is 19.8 Å². The number of nitrogens with one attached hydrogen (secondary N) is 1. The van der Waals surface area contributed by atoms with Crippen LogP contribution in [0.3, 0.4) is 0 Å². The van der Waals surface area contributed by atoms with Gasteiger partial charge in [-0.3, -0.25) is 4.79 Å². The summed E-state index contributed by atoms with van der Waals surface area (Å²) in [6.07, 6.45) is 3.10. The fraction of sp³-hybridized carbons (Fsp3) is 0.235. The minimum absolute atomic E-state index is 0.277. The molecule has 3 heterocycles. The van der Waals surface area contributed by atoms with Crippen molar-refractivity contribution in [2.24, 2.45) is 0 Å². The van der Waals surface area contributed by atoms with Gasteiger partial charge in [-0.25, -0.2) is 4.98 Å². The maximum atomic E-state index is 12.5. The quantitative estimate of drug-likeness (QED) is 0.206. The van der Waals surface area contributed by atoms with Crippen LogP contribution in [0.15, 0.2) is 120 Å². The van der Waals surface area contributed by atoms with Gasteiger partial charge < -0.3 is 29.5 Å². The van der Waals surface area contributed by atoms with E-state index in [0.717, 1.165) is 22.3 Å². The summed E-state index contributed by atoms with van der Waals surface area (Å²) in [5.74, 6) is -0.520. The van der Waals surface area contributed by atoms with Gasteiger partial charge in [0.15, 0.2) is 11.3 Å². The normalized spacial score (nSPS) is 21.4. The Morgan fingerprint density at radius 2 is 1.50 bits per heavy atom. The van der Waals surface area contributed by atoms with Crippen molar-refractivity contribution in [1.82, 2.24) is 14.5 Å². The number of nitrogens with zero attached hydrogens (tertiary/aromatic N) is 2. The highest BCUT2D eigenvalue weighted by molar-refractivity contribution is 5.77. The third-order valence-electron chi connectivity index (χ3n) is 8.13. The molecule has 7 rings (SSSR count). The van der Waals surface area contributed by atoms with Gasteiger partial charge in [0.1, 0.15) is 23.6 Å². The van der Waals surface area contributed by atoms with Gasteiger partial charge in [0.05, 0.1) is 24.5 Å². The molecule has 0 spiro atoms. The number of fused-ring (bicyclic) bond motifs is 2. The second-order valence-electron chi connectivity index (χ2n) is 11.3. The maximum Gasteiger partial charge on any atom is 0.277 e. The molecule has 8 heteroatoms. The SMILES string of the molecule is CC1(C)OC2[C@H](n3cnc4c(=O)[nH]c(N)cc43)C=C(COC(c3ccccc3)(c3ccccc3)c3ccccc3)[C@@H]2O1. The van der Waals surface area contributed by atoms with Crippen molar-refractivity contribution in [3.63, 3.8) is 0 Å². The molecule has 42 heavy (non-hydrogen) atoms. The average molecular weight is 561 g/mol. The van der Waals surface area contributed by atoms with E-state index < -0.39 is 11.4 Å². The number of nitrogens with two attached hydrogens (primary N) is 1. The van der Waals surface area contributed by atoms with E-state index in [1.54, 1.807) is 12.4 Å². The van der Waals surface area contributed by atoms with Crippen molar-refractivity contribution < 1.29 is 14.2 Å². The number of ether oxygens (including phenoxy) is 3. The molecule has 2 aliphatic rings. The summed E-state index contributed by atoms with van der Waals surface area (Å²) in [4.78, 5) is 19.6. The van der Waals surface area contributed by atoms with E-state index in [0.29, 0.717) is 11.0 Å². The first-order valence-electron chi connectivity index (χ1n) is 14.1. The number of hydrogen-bond donors (Lipinski definition) is 2. The van der Waals surface area contributed by atoms with Gasteiger partial charge in [-0.05, 0) is 36.1 Å². The number of aromatic amines is 1. The summed E-state index contributed by atoms with van der Waals surface area (Å²) in [5.41, 5.74) is 9.79. The predicted octanol–water partition coefficient (Wildman–Crippen LogP) is 5.32. The number of anilines is 1. The molecule has 0 amide bonds. The van der Waals surface area contributed by atoms with Crippen LogP contribution in [0.2, 0.25) is 0 Å². The fourth-order valence-electron chi connectivity index (χ4n) is 6.36. The van der Waals surface area contributed by atoms with Crippen LogP contribution in [0.4, 0.5) is 5.82 Å². The molecule has 5 aromatic rings. The zero-order valence-electron chi connectivity index (χ0n) is 23.4. The van der Waals surface area contributed by atoms with E-state index in [1.807, 2.05) is 73.0 Å². The number of pyridine rings is 1. The molecular weight excluding hydrogens is 528 g/mol. The number of hydrogen-bond acceptors (Lipinski definition) is 6. The summed E-state index contributed by atoms with van der Waals surface area (Å²) in [6, 6.07) is 32.3. The van der Waals surface area contributed by atoms with E-state index in [-0.39, 0.29) is 36.2 Å². The summed E-state index contributed by atoms with van der Waals surface area (Å²) < 4.78 is 22.0. The molecule has 1 unspecified atom stereocenters. The lowest BCUT2D eigenvalue weighted by atomic mass is 9.80. The van der Waals surface area contributed by atoms with Crippen molar-refractivity contribution >= 4 is 16.9 Å². The van der Waals surface area contributed by atoms with Crippen LogP contribution in [0.5, 0.6) is 0 Å². The van der Waals surface area contributed by atoms with Gasteiger partial charge in [0.2, 0.25) is 0 Å². The van der Waals surface area contributed by atoms with Crippen LogP contribution < -0.4 is 11.3 Å². The van der Waals surface area contributed by atoms with Gasteiger partial charge in [0, 0.05) is 6.07 Å². The lowest BCUT2D eigenvalue weighted by Gasteiger charge is -2.36. The van der Waals surface area contributed by atoms with Crippen LogP contribution in [0.25, 0.3) is 11.0 Å². The molecule has 0 radical (unpaired) electrons. The molecule has 3 aromatic carbocycles. The van der Waals surface area contributed by atoms with Gasteiger partial charge in [-0.15, -0.1) is 0 Å². The molecule has 2 aromatic heterocycles. The van der Waals surface area contributed by atoms with Crippen LogP contribution in [0, 0.1) is 0 Å². The Morgan fingerprint density at radius 1 is 0.929 bits per heavy atom. The lowest BCUT2D eigenvalue weighted by molar-refractivity contribution is -0.148. The Balaban J connectivity index is 1.33. The van der Waals surface area contributed by atoms with E-state index in [4.69, 9.17) is 19.9 Å². The second kappa shape index (κ2) is 10.1. The summed E-state index contributed by atoms with van der Waals surface area (Å²) in [5, 5.41) is 0. The monoisotopic (exact) mass is 560 g/mol. The van der Waals surface area contributed by atoms with Crippen molar-refractivity contribution in [2.45, 2.75) is 43.5 Å². The minimum Gasteiger partial charge on any atom is -0.385 e. The number of aromatic nitrogens is 3. The number of benzene rings is 3. The molecule has 0 saturated carbocycles. The van der Waals surface area contributed by atoms with E-state index in [2.05, 4.69) is 52.4 Å². The second-order valence-corrected chi connectivity index (χ2v) is 11.3. The summed E-state index contributed by atoms with van der Waals surface area (Å²) >= 11 is 0. The van der Waals surface area contributed by atoms with Gasteiger partial charge in [-0.2, -0.15) is 0 Å². The zero-order chi connectivity index (χ0) is 28.9.